The number of aliphatic hydroxyl groups is 1. The lowest BCUT2D eigenvalue weighted by Crippen LogP contribution is -2.04. The summed E-state index contributed by atoms with van der Waals surface area (Å²) in [7, 11) is 0. The molecule has 0 saturated heterocycles. The molecule has 1 aromatic carbocycles. The molecule has 0 radical (unpaired) electrons. The standard InChI is InChI=1S/C12H16F2O/c1-3-8(2)4-12(15)9-5-10(13)7-11(14)6-9/h5-8,12,15H,3-4H2,1-2H3. The van der Waals surface area contributed by atoms with Crippen molar-refractivity contribution in [3.8, 4) is 0 Å². The van der Waals surface area contributed by atoms with E-state index in [2.05, 4.69) is 0 Å². The molecule has 0 aliphatic heterocycles. The Labute approximate surface area is 88.7 Å². The molecule has 0 heterocycles. The van der Waals surface area contributed by atoms with Crippen LogP contribution in [0.5, 0.6) is 0 Å². The van der Waals surface area contributed by atoms with E-state index in [0.29, 0.717) is 17.9 Å². The van der Waals surface area contributed by atoms with Gasteiger partial charge in [0.2, 0.25) is 0 Å². The molecule has 0 saturated carbocycles. The predicted octanol–water partition coefficient (Wildman–Crippen LogP) is 3.43. The molecular weight excluding hydrogens is 198 g/mol. The fourth-order valence-electron chi connectivity index (χ4n) is 1.45. The lowest BCUT2D eigenvalue weighted by Gasteiger charge is -2.15. The average Bonchev–Trinajstić information content (AvgIpc) is 2.16. The van der Waals surface area contributed by atoms with E-state index >= 15 is 0 Å². The SMILES string of the molecule is CCC(C)CC(O)c1cc(F)cc(F)c1. The van der Waals surface area contributed by atoms with Crippen molar-refractivity contribution in [2.24, 2.45) is 5.92 Å². The van der Waals surface area contributed by atoms with E-state index < -0.39 is 17.7 Å². The van der Waals surface area contributed by atoms with Crippen LogP contribution < -0.4 is 0 Å². The minimum absolute atomic E-state index is 0.313. The normalized spacial score (nSPS) is 15.0. The first-order chi connectivity index (χ1) is 7.02. The van der Waals surface area contributed by atoms with E-state index in [0.717, 1.165) is 12.5 Å². The second kappa shape index (κ2) is 5.21. The van der Waals surface area contributed by atoms with E-state index in [-0.39, 0.29) is 0 Å². The highest BCUT2D eigenvalue weighted by atomic mass is 19.1. The molecule has 1 nitrogen and oxygen atoms in total. The Hall–Kier alpha value is -0.960. The second-order valence-electron chi connectivity index (χ2n) is 3.97. The number of hydrogen-bond donors (Lipinski definition) is 1. The Morgan fingerprint density at radius 1 is 1.20 bits per heavy atom. The molecule has 0 aromatic heterocycles. The first-order valence-corrected chi connectivity index (χ1v) is 5.17. The van der Waals surface area contributed by atoms with Gasteiger partial charge >= 0.3 is 0 Å². The van der Waals surface area contributed by atoms with Crippen LogP contribution >= 0.6 is 0 Å². The number of rotatable bonds is 4. The summed E-state index contributed by atoms with van der Waals surface area (Å²) in [4.78, 5) is 0. The molecular formula is C12H16F2O. The highest BCUT2D eigenvalue weighted by Crippen LogP contribution is 2.24. The van der Waals surface area contributed by atoms with E-state index in [1.807, 2.05) is 13.8 Å². The van der Waals surface area contributed by atoms with Crippen molar-refractivity contribution in [3.63, 3.8) is 0 Å². The van der Waals surface area contributed by atoms with Gasteiger partial charge in [0, 0.05) is 6.07 Å². The van der Waals surface area contributed by atoms with Crippen molar-refractivity contribution < 1.29 is 13.9 Å². The topological polar surface area (TPSA) is 20.2 Å². The summed E-state index contributed by atoms with van der Waals surface area (Å²) in [5.74, 6) is -0.951. The van der Waals surface area contributed by atoms with E-state index in [1.165, 1.54) is 12.1 Å². The highest BCUT2D eigenvalue weighted by molar-refractivity contribution is 5.20. The lowest BCUT2D eigenvalue weighted by molar-refractivity contribution is 0.145. The molecule has 2 unspecified atom stereocenters. The average molecular weight is 214 g/mol. The van der Waals surface area contributed by atoms with Gasteiger partial charge in [-0.3, -0.25) is 0 Å². The molecule has 0 aliphatic rings. The summed E-state index contributed by atoms with van der Waals surface area (Å²) in [6.07, 6.45) is 0.680. The van der Waals surface area contributed by atoms with Gasteiger partial charge in [-0.1, -0.05) is 20.3 Å². The molecule has 0 amide bonds. The fraction of sp³-hybridized carbons (Fsp3) is 0.500. The molecule has 1 rings (SSSR count). The maximum atomic E-state index is 12.9. The summed E-state index contributed by atoms with van der Waals surface area (Å²) >= 11 is 0. The van der Waals surface area contributed by atoms with E-state index in [4.69, 9.17) is 0 Å². The van der Waals surface area contributed by atoms with Crippen molar-refractivity contribution in [2.75, 3.05) is 0 Å². The van der Waals surface area contributed by atoms with Crippen molar-refractivity contribution in [1.29, 1.82) is 0 Å². The summed E-state index contributed by atoms with van der Waals surface area (Å²) in [5.41, 5.74) is 0.313. The van der Waals surface area contributed by atoms with Gasteiger partial charge in [0.05, 0.1) is 6.10 Å². The quantitative estimate of drug-likeness (QED) is 0.814. The van der Waals surface area contributed by atoms with Crippen LogP contribution in [-0.2, 0) is 0 Å². The molecule has 1 N–H and O–H groups in total. The molecule has 0 fully saturated rings. The molecule has 0 aliphatic carbocycles. The van der Waals surface area contributed by atoms with Crippen LogP contribution in [-0.4, -0.2) is 5.11 Å². The Morgan fingerprint density at radius 3 is 2.20 bits per heavy atom. The lowest BCUT2D eigenvalue weighted by atomic mass is 9.96. The molecule has 15 heavy (non-hydrogen) atoms. The Morgan fingerprint density at radius 2 is 1.73 bits per heavy atom. The third-order valence-electron chi connectivity index (χ3n) is 2.59. The second-order valence-corrected chi connectivity index (χ2v) is 3.97. The molecule has 0 spiro atoms. The number of halogens is 2. The fourth-order valence-corrected chi connectivity index (χ4v) is 1.45. The van der Waals surface area contributed by atoms with Gasteiger partial charge in [0.1, 0.15) is 11.6 Å². The highest BCUT2D eigenvalue weighted by Gasteiger charge is 2.13. The van der Waals surface area contributed by atoms with Crippen molar-refractivity contribution in [3.05, 3.63) is 35.4 Å². The monoisotopic (exact) mass is 214 g/mol. The Bertz CT molecular complexity index is 305. The van der Waals surface area contributed by atoms with Gasteiger partial charge in [0.25, 0.3) is 0 Å². The zero-order chi connectivity index (χ0) is 11.4. The van der Waals surface area contributed by atoms with Crippen LogP contribution in [0, 0.1) is 17.6 Å². The first-order valence-electron chi connectivity index (χ1n) is 5.17. The number of aliphatic hydroxyl groups excluding tert-OH is 1. The largest absolute Gasteiger partial charge is 0.388 e. The van der Waals surface area contributed by atoms with Gasteiger partial charge in [-0.05, 0) is 30.0 Å². The zero-order valence-electron chi connectivity index (χ0n) is 9.00. The van der Waals surface area contributed by atoms with Crippen molar-refractivity contribution in [1.82, 2.24) is 0 Å². The van der Waals surface area contributed by atoms with E-state index in [1.54, 1.807) is 0 Å². The molecule has 84 valence electrons. The third kappa shape index (κ3) is 3.59. The van der Waals surface area contributed by atoms with Crippen LogP contribution in [0.4, 0.5) is 8.78 Å². The first kappa shape index (κ1) is 12.1. The van der Waals surface area contributed by atoms with Crippen LogP contribution in [0.1, 0.15) is 38.4 Å². The minimum atomic E-state index is -0.787. The van der Waals surface area contributed by atoms with Gasteiger partial charge in [-0.15, -0.1) is 0 Å². The summed E-state index contributed by atoms with van der Waals surface area (Å²) in [6.45, 7) is 4.02. The zero-order valence-corrected chi connectivity index (χ0v) is 9.00. The van der Waals surface area contributed by atoms with E-state index in [9.17, 15) is 13.9 Å². The molecule has 2 atom stereocenters. The van der Waals surface area contributed by atoms with Crippen molar-refractivity contribution >= 4 is 0 Å². The maximum Gasteiger partial charge on any atom is 0.126 e. The van der Waals surface area contributed by atoms with Crippen molar-refractivity contribution in [2.45, 2.75) is 32.8 Å². The third-order valence-corrected chi connectivity index (χ3v) is 2.59. The smallest absolute Gasteiger partial charge is 0.126 e. The summed E-state index contributed by atoms with van der Waals surface area (Å²) in [6, 6.07) is 3.16. The molecule has 3 heteroatoms. The van der Waals surface area contributed by atoms with Crippen LogP contribution in [0.3, 0.4) is 0 Å². The molecule has 1 aromatic rings. The van der Waals surface area contributed by atoms with Gasteiger partial charge in [0.15, 0.2) is 0 Å². The number of benzene rings is 1. The van der Waals surface area contributed by atoms with Crippen LogP contribution in [0.15, 0.2) is 18.2 Å². The number of hydrogen-bond acceptors (Lipinski definition) is 1. The Balaban J connectivity index is 2.77. The van der Waals surface area contributed by atoms with Crippen LogP contribution in [0.25, 0.3) is 0 Å². The van der Waals surface area contributed by atoms with Crippen LogP contribution in [0.2, 0.25) is 0 Å². The van der Waals surface area contributed by atoms with Gasteiger partial charge < -0.3 is 5.11 Å². The van der Waals surface area contributed by atoms with Gasteiger partial charge in [-0.2, -0.15) is 0 Å². The maximum absolute atomic E-state index is 12.9. The predicted molar refractivity (Wildman–Crippen MR) is 55.4 cm³/mol. The Kier molecular flexibility index (Phi) is 4.21. The minimum Gasteiger partial charge on any atom is -0.388 e. The van der Waals surface area contributed by atoms with Gasteiger partial charge in [-0.25, -0.2) is 8.78 Å². The summed E-state index contributed by atoms with van der Waals surface area (Å²) < 4.78 is 25.7. The molecule has 0 bridgehead atoms. The summed E-state index contributed by atoms with van der Waals surface area (Å²) in [5, 5.41) is 9.74.